The molecule has 0 heterocycles. The maximum atomic E-state index is 5.43. The molecule has 0 bridgehead atoms. The van der Waals surface area contributed by atoms with Crippen LogP contribution in [0.5, 0.6) is 17.2 Å². The molecule has 3 heteroatoms. The molecule has 0 unspecified atom stereocenters. The highest BCUT2D eigenvalue weighted by molar-refractivity contribution is 5.56. The van der Waals surface area contributed by atoms with E-state index in [1.165, 1.54) is 0 Å². The third kappa shape index (κ3) is 2.35. The summed E-state index contributed by atoms with van der Waals surface area (Å²) < 4.78 is 15.8. The zero-order valence-electron chi connectivity index (χ0n) is 9.16. The Hall–Kier alpha value is -1.82. The van der Waals surface area contributed by atoms with E-state index in [2.05, 4.69) is 5.92 Å². The Labute approximate surface area is 90.0 Å². The number of ether oxygens (including phenoxy) is 3. The molecule has 0 saturated heterocycles. The summed E-state index contributed by atoms with van der Waals surface area (Å²) in [6.45, 7) is 2.44. The Morgan fingerprint density at radius 2 is 1.73 bits per heavy atom. The third-order valence-electron chi connectivity index (χ3n) is 1.92. The number of hydrogen-bond donors (Lipinski definition) is 0. The lowest BCUT2D eigenvalue weighted by Crippen LogP contribution is -1.99. The fraction of sp³-hybridized carbons (Fsp3) is 0.333. The number of benzene rings is 1. The Morgan fingerprint density at radius 3 is 2.07 bits per heavy atom. The summed E-state index contributed by atoms with van der Waals surface area (Å²) in [4.78, 5) is 0. The molecule has 0 atom stereocenters. The molecule has 0 amide bonds. The quantitative estimate of drug-likeness (QED) is 0.706. The van der Waals surface area contributed by atoms with Gasteiger partial charge in [0.1, 0.15) is 0 Å². The van der Waals surface area contributed by atoms with Crippen LogP contribution >= 0.6 is 0 Å². The maximum Gasteiger partial charge on any atom is 0.203 e. The van der Waals surface area contributed by atoms with Crippen molar-refractivity contribution in [1.29, 1.82) is 0 Å². The highest BCUT2D eigenvalue weighted by atomic mass is 16.5. The van der Waals surface area contributed by atoms with Crippen LogP contribution in [0.3, 0.4) is 0 Å². The lowest BCUT2D eigenvalue weighted by Gasteiger charge is -2.13. The van der Waals surface area contributed by atoms with Gasteiger partial charge in [-0.05, 0) is 19.1 Å². The smallest absolute Gasteiger partial charge is 0.203 e. The van der Waals surface area contributed by atoms with E-state index in [0.717, 1.165) is 0 Å². The van der Waals surface area contributed by atoms with E-state index < -0.39 is 0 Å². The molecule has 0 aliphatic heterocycles. The Bertz CT molecular complexity index is 352. The lowest BCUT2D eigenvalue weighted by atomic mass is 10.2. The Balaban J connectivity index is 3.27. The monoisotopic (exact) mass is 206 g/mol. The van der Waals surface area contributed by atoms with Crippen LogP contribution in [0.1, 0.15) is 12.5 Å². The van der Waals surface area contributed by atoms with E-state index in [4.69, 9.17) is 20.6 Å². The van der Waals surface area contributed by atoms with Crippen LogP contribution in [0.2, 0.25) is 0 Å². The van der Waals surface area contributed by atoms with Crippen LogP contribution in [0.25, 0.3) is 0 Å². The van der Waals surface area contributed by atoms with Gasteiger partial charge < -0.3 is 14.2 Å². The molecular formula is C12H14O3. The van der Waals surface area contributed by atoms with Gasteiger partial charge in [-0.3, -0.25) is 0 Å². The molecule has 0 aliphatic rings. The largest absolute Gasteiger partial charge is 0.493 e. The predicted molar refractivity (Wildman–Crippen MR) is 58.7 cm³/mol. The molecule has 0 radical (unpaired) electrons. The Kier molecular flexibility index (Phi) is 3.87. The second-order valence-electron chi connectivity index (χ2n) is 2.79. The summed E-state index contributed by atoms with van der Waals surface area (Å²) in [5.41, 5.74) is 0.701. The number of terminal acetylenes is 1. The lowest BCUT2D eigenvalue weighted by molar-refractivity contribution is 0.288. The number of rotatable bonds is 4. The van der Waals surface area contributed by atoms with E-state index in [-0.39, 0.29) is 0 Å². The van der Waals surface area contributed by atoms with Crippen molar-refractivity contribution in [2.24, 2.45) is 0 Å². The predicted octanol–water partition coefficient (Wildman–Crippen LogP) is 2.08. The third-order valence-corrected chi connectivity index (χ3v) is 1.92. The average Bonchev–Trinajstić information content (AvgIpc) is 2.29. The van der Waals surface area contributed by atoms with Crippen molar-refractivity contribution < 1.29 is 14.2 Å². The zero-order chi connectivity index (χ0) is 11.3. The van der Waals surface area contributed by atoms with E-state index >= 15 is 0 Å². The minimum atomic E-state index is 0.544. The fourth-order valence-corrected chi connectivity index (χ4v) is 1.25. The van der Waals surface area contributed by atoms with Gasteiger partial charge in [-0.2, -0.15) is 0 Å². The first-order valence-corrected chi connectivity index (χ1v) is 4.62. The van der Waals surface area contributed by atoms with Crippen molar-refractivity contribution in [3.05, 3.63) is 17.7 Å². The Morgan fingerprint density at radius 1 is 1.20 bits per heavy atom. The average molecular weight is 206 g/mol. The molecule has 15 heavy (non-hydrogen) atoms. The van der Waals surface area contributed by atoms with Crippen LogP contribution < -0.4 is 14.2 Å². The highest BCUT2D eigenvalue weighted by Gasteiger charge is 2.12. The van der Waals surface area contributed by atoms with Crippen LogP contribution in [-0.2, 0) is 0 Å². The van der Waals surface area contributed by atoms with E-state index in [1.807, 2.05) is 6.92 Å². The number of hydrogen-bond acceptors (Lipinski definition) is 3. The molecule has 1 aromatic carbocycles. The molecule has 0 aromatic heterocycles. The van der Waals surface area contributed by atoms with E-state index in [1.54, 1.807) is 26.4 Å². The zero-order valence-corrected chi connectivity index (χ0v) is 9.16. The van der Waals surface area contributed by atoms with E-state index in [9.17, 15) is 0 Å². The normalized spacial score (nSPS) is 9.20. The first kappa shape index (κ1) is 11.3. The van der Waals surface area contributed by atoms with Crippen LogP contribution in [0.15, 0.2) is 12.1 Å². The summed E-state index contributed by atoms with van der Waals surface area (Å²) >= 11 is 0. The number of methoxy groups -OCH3 is 2. The van der Waals surface area contributed by atoms with Crippen molar-refractivity contribution in [2.45, 2.75) is 6.92 Å². The molecule has 0 spiro atoms. The molecule has 0 aliphatic carbocycles. The van der Waals surface area contributed by atoms with Crippen molar-refractivity contribution in [2.75, 3.05) is 20.8 Å². The second kappa shape index (κ2) is 5.16. The van der Waals surface area contributed by atoms with Crippen molar-refractivity contribution in [3.8, 4) is 29.6 Å². The van der Waals surface area contributed by atoms with Gasteiger partial charge in [0, 0.05) is 5.56 Å². The molecule has 0 fully saturated rings. The van der Waals surface area contributed by atoms with Gasteiger partial charge >= 0.3 is 0 Å². The maximum absolute atomic E-state index is 5.43. The van der Waals surface area contributed by atoms with Gasteiger partial charge in [-0.25, -0.2) is 0 Å². The standard InChI is InChI=1S/C12H14O3/c1-5-9-7-10(13-3)12(15-6-2)11(8-9)14-4/h1,7-8H,6H2,2-4H3. The highest BCUT2D eigenvalue weighted by Crippen LogP contribution is 2.38. The van der Waals surface area contributed by atoms with Gasteiger partial charge in [0.25, 0.3) is 0 Å². The summed E-state index contributed by atoms with van der Waals surface area (Å²) in [5, 5.41) is 0. The van der Waals surface area contributed by atoms with Gasteiger partial charge in [0.2, 0.25) is 5.75 Å². The molecule has 3 nitrogen and oxygen atoms in total. The van der Waals surface area contributed by atoms with Crippen molar-refractivity contribution in [3.63, 3.8) is 0 Å². The molecular weight excluding hydrogens is 192 g/mol. The van der Waals surface area contributed by atoms with Crippen molar-refractivity contribution >= 4 is 0 Å². The SMILES string of the molecule is C#Cc1cc(OC)c(OCC)c(OC)c1. The fourth-order valence-electron chi connectivity index (χ4n) is 1.25. The minimum Gasteiger partial charge on any atom is -0.493 e. The van der Waals surface area contributed by atoms with Crippen LogP contribution in [-0.4, -0.2) is 20.8 Å². The molecule has 0 saturated carbocycles. The first-order valence-electron chi connectivity index (χ1n) is 4.62. The van der Waals surface area contributed by atoms with Crippen LogP contribution in [0.4, 0.5) is 0 Å². The molecule has 1 rings (SSSR count). The summed E-state index contributed by atoms with van der Waals surface area (Å²) in [5.74, 6) is 4.29. The second-order valence-corrected chi connectivity index (χ2v) is 2.79. The summed E-state index contributed by atoms with van der Waals surface area (Å²) in [6.07, 6.45) is 5.32. The summed E-state index contributed by atoms with van der Waals surface area (Å²) in [6, 6.07) is 3.49. The van der Waals surface area contributed by atoms with Crippen LogP contribution in [0, 0.1) is 12.3 Å². The summed E-state index contributed by atoms with van der Waals surface area (Å²) in [7, 11) is 3.13. The molecule has 80 valence electrons. The van der Waals surface area contributed by atoms with Gasteiger partial charge in [0.05, 0.1) is 20.8 Å². The van der Waals surface area contributed by atoms with Gasteiger partial charge in [-0.1, -0.05) is 5.92 Å². The minimum absolute atomic E-state index is 0.544. The van der Waals surface area contributed by atoms with Gasteiger partial charge in [0.15, 0.2) is 11.5 Å². The molecule has 1 aromatic rings. The van der Waals surface area contributed by atoms with Gasteiger partial charge in [-0.15, -0.1) is 6.42 Å². The van der Waals surface area contributed by atoms with Crippen molar-refractivity contribution in [1.82, 2.24) is 0 Å². The topological polar surface area (TPSA) is 27.7 Å². The first-order chi connectivity index (χ1) is 7.26. The molecule has 0 N–H and O–H groups in total. The van der Waals surface area contributed by atoms with E-state index in [0.29, 0.717) is 29.4 Å².